The van der Waals surface area contributed by atoms with Gasteiger partial charge in [-0.25, -0.2) is 0 Å². The lowest BCUT2D eigenvalue weighted by molar-refractivity contribution is -0.115. The van der Waals surface area contributed by atoms with Crippen LogP contribution in [0.25, 0.3) is 10.9 Å². The number of fused-ring (bicyclic) bond motifs is 2. The molecule has 144 valence electrons. The molecule has 28 heavy (non-hydrogen) atoms. The lowest BCUT2D eigenvalue weighted by Gasteiger charge is -2.31. The molecule has 1 amide bonds. The molecule has 2 aromatic carbocycles. The summed E-state index contributed by atoms with van der Waals surface area (Å²) in [5.74, 6) is 0.966. The normalized spacial score (nSPS) is 17.2. The Kier molecular flexibility index (Phi) is 4.04. The van der Waals surface area contributed by atoms with E-state index in [9.17, 15) is 4.79 Å². The Bertz CT molecular complexity index is 1050. The lowest BCUT2D eigenvalue weighted by atomic mass is 9.94. The van der Waals surface area contributed by atoms with E-state index in [2.05, 4.69) is 22.0 Å². The molecule has 1 aliphatic heterocycles. The van der Waals surface area contributed by atoms with E-state index in [0.717, 1.165) is 59.3 Å². The summed E-state index contributed by atoms with van der Waals surface area (Å²) in [6.07, 6.45) is 7.69. The fraction of sp³-hybridized carbons (Fsp3) is 0.348. The topological polar surface area (TPSA) is 52.5 Å². The van der Waals surface area contributed by atoms with Crippen molar-refractivity contribution in [2.24, 2.45) is 7.05 Å². The first-order chi connectivity index (χ1) is 13.6. The summed E-state index contributed by atoms with van der Waals surface area (Å²) < 4.78 is 14.3. The number of aromatic nitrogens is 1. The van der Waals surface area contributed by atoms with Gasteiger partial charge in [-0.1, -0.05) is 24.6 Å². The number of benzene rings is 2. The minimum Gasteiger partial charge on any atom is -0.448 e. The number of rotatable bonds is 3. The Labute approximate surface area is 164 Å². The first kappa shape index (κ1) is 17.2. The van der Waals surface area contributed by atoms with E-state index in [1.165, 1.54) is 6.42 Å². The van der Waals surface area contributed by atoms with E-state index >= 15 is 0 Å². The molecule has 1 spiro atoms. The Hall–Kier alpha value is -2.95. The zero-order chi connectivity index (χ0) is 19.1. The van der Waals surface area contributed by atoms with Gasteiger partial charge in [0.25, 0.3) is 5.79 Å². The second kappa shape index (κ2) is 6.59. The van der Waals surface area contributed by atoms with Crippen molar-refractivity contribution in [3.8, 4) is 11.5 Å². The van der Waals surface area contributed by atoms with Gasteiger partial charge in [0.2, 0.25) is 5.91 Å². The molecule has 3 aromatic rings. The van der Waals surface area contributed by atoms with Gasteiger partial charge in [-0.15, -0.1) is 0 Å². The Morgan fingerprint density at radius 3 is 2.71 bits per heavy atom. The summed E-state index contributed by atoms with van der Waals surface area (Å²) in [4.78, 5) is 12.6. The third-order valence-corrected chi connectivity index (χ3v) is 5.77. The molecule has 2 heterocycles. The van der Waals surface area contributed by atoms with Gasteiger partial charge in [-0.3, -0.25) is 4.79 Å². The minimum atomic E-state index is -0.494. The van der Waals surface area contributed by atoms with Crippen molar-refractivity contribution in [1.82, 2.24) is 4.57 Å². The molecular formula is C23H24N2O3. The standard InChI is InChI=1S/C23H24N2O3/c1-25-15-16(18-7-3-4-8-19(18)25)13-22(26)24-17-9-10-20-21(14-17)28-23(27-20)11-5-2-6-12-23/h3-4,7-10,14-15H,2,5-6,11-13H2,1H3,(H,24,26). The first-order valence-electron chi connectivity index (χ1n) is 9.97. The van der Waals surface area contributed by atoms with E-state index in [-0.39, 0.29) is 5.91 Å². The summed E-state index contributed by atoms with van der Waals surface area (Å²) >= 11 is 0. The predicted octanol–water partition coefficient (Wildman–Crippen LogP) is 4.79. The fourth-order valence-electron chi connectivity index (χ4n) is 4.41. The zero-order valence-electron chi connectivity index (χ0n) is 16.0. The van der Waals surface area contributed by atoms with Gasteiger partial charge in [0.05, 0.1) is 6.42 Å². The van der Waals surface area contributed by atoms with E-state index in [1.807, 2.05) is 43.6 Å². The monoisotopic (exact) mass is 376 g/mol. The van der Waals surface area contributed by atoms with Gasteiger partial charge in [-0.05, 0) is 36.6 Å². The molecule has 5 heteroatoms. The number of ether oxygens (including phenoxy) is 2. The number of nitrogens with zero attached hydrogens (tertiary/aromatic N) is 1. The van der Waals surface area contributed by atoms with Crippen molar-refractivity contribution >= 4 is 22.5 Å². The van der Waals surface area contributed by atoms with E-state index in [0.29, 0.717) is 6.42 Å². The molecule has 1 fully saturated rings. The summed E-state index contributed by atoms with van der Waals surface area (Å²) in [7, 11) is 2.00. The van der Waals surface area contributed by atoms with Crippen LogP contribution in [0.4, 0.5) is 5.69 Å². The van der Waals surface area contributed by atoms with Gasteiger partial charge < -0.3 is 19.4 Å². The number of carbonyl (C=O) groups excluding carboxylic acids is 1. The second-order valence-electron chi connectivity index (χ2n) is 7.84. The van der Waals surface area contributed by atoms with Crippen LogP contribution in [0.15, 0.2) is 48.7 Å². The molecule has 0 saturated heterocycles. The molecule has 5 nitrogen and oxygen atoms in total. The van der Waals surface area contributed by atoms with Crippen LogP contribution in [0, 0.1) is 0 Å². The van der Waals surface area contributed by atoms with Gasteiger partial charge in [0, 0.05) is 48.7 Å². The SMILES string of the molecule is Cn1cc(CC(=O)Nc2ccc3c(c2)OC2(CCCCC2)O3)c2ccccc21. The smallest absolute Gasteiger partial charge is 0.251 e. The van der Waals surface area contributed by atoms with Crippen LogP contribution in [0.3, 0.4) is 0 Å². The maximum atomic E-state index is 12.6. The van der Waals surface area contributed by atoms with Crippen molar-refractivity contribution in [2.45, 2.75) is 44.3 Å². The molecular weight excluding hydrogens is 352 g/mol. The number of aryl methyl sites for hydroxylation is 1. The molecule has 1 aliphatic carbocycles. The number of amides is 1. The van der Waals surface area contributed by atoms with Crippen molar-refractivity contribution in [2.75, 3.05) is 5.32 Å². The van der Waals surface area contributed by atoms with Gasteiger partial charge in [0.1, 0.15) is 0 Å². The first-order valence-corrected chi connectivity index (χ1v) is 9.97. The highest BCUT2D eigenvalue weighted by Crippen LogP contribution is 2.46. The summed E-state index contributed by atoms with van der Waals surface area (Å²) in [5, 5.41) is 4.12. The number of para-hydroxylation sites is 1. The Morgan fingerprint density at radius 1 is 1.07 bits per heavy atom. The lowest BCUT2D eigenvalue weighted by Crippen LogP contribution is -2.40. The van der Waals surface area contributed by atoms with Crippen LogP contribution in [0.1, 0.15) is 37.7 Å². The fourth-order valence-corrected chi connectivity index (χ4v) is 4.41. The second-order valence-corrected chi connectivity index (χ2v) is 7.84. The van der Waals surface area contributed by atoms with Gasteiger partial charge in [-0.2, -0.15) is 0 Å². The van der Waals surface area contributed by atoms with Crippen LogP contribution >= 0.6 is 0 Å². The Morgan fingerprint density at radius 2 is 1.86 bits per heavy atom. The highest BCUT2D eigenvalue weighted by atomic mass is 16.7. The van der Waals surface area contributed by atoms with Crippen LogP contribution in [-0.4, -0.2) is 16.3 Å². The van der Waals surface area contributed by atoms with Crippen molar-refractivity contribution in [3.63, 3.8) is 0 Å². The zero-order valence-corrected chi connectivity index (χ0v) is 16.0. The van der Waals surface area contributed by atoms with Crippen molar-refractivity contribution in [3.05, 3.63) is 54.2 Å². The third kappa shape index (κ3) is 3.01. The van der Waals surface area contributed by atoms with Crippen LogP contribution in [-0.2, 0) is 18.3 Å². The summed E-state index contributed by atoms with van der Waals surface area (Å²) in [5.41, 5.74) is 2.89. The van der Waals surface area contributed by atoms with Gasteiger partial charge in [0.15, 0.2) is 11.5 Å². The van der Waals surface area contributed by atoms with E-state index in [4.69, 9.17) is 9.47 Å². The number of nitrogens with one attached hydrogen (secondary N) is 1. The molecule has 2 aliphatic rings. The number of hydrogen-bond acceptors (Lipinski definition) is 3. The molecule has 5 rings (SSSR count). The average Bonchev–Trinajstić information content (AvgIpc) is 3.19. The molecule has 0 atom stereocenters. The predicted molar refractivity (Wildman–Crippen MR) is 109 cm³/mol. The molecule has 0 radical (unpaired) electrons. The number of carbonyl (C=O) groups is 1. The largest absolute Gasteiger partial charge is 0.448 e. The van der Waals surface area contributed by atoms with Gasteiger partial charge >= 0.3 is 0 Å². The quantitative estimate of drug-likeness (QED) is 0.715. The molecule has 1 saturated carbocycles. The highest BCUT2D eigenvalue weighted by Gasteiger charge is 2.42. The minimum absolute atomic E-state index is 0.0393. The summed E-state index contributed by atoms with van der Waals surface area (Å²) in [6, 6.07) is 13.8. The van der Waals surface area contributed by atoms with Crippen LogP contribution < -0.4 is 14.8 Å². The van der Waals surface area contributed by atoms with E-state index in [1.54, 1.807) is 0 Å². The molecule has 0 bridgehead atoms. The maximum absolute atomic E-state index is 12.6. The third-order valence-electron chi connectivity index (χ3n) is 5.77. The molecule has 1 N–H and O–H groups in total. The molecule has 1 aromatic heterocycles. The summed E-state index contributed by atoms with van der Waals surface area (Å²) in [6.45, 7) is 0. The Balaban J connectivity index is 1.31. The average molecular weight is 376 g/mol. The number of hydrogen-bond donors (Lipinski definition) is 1. The number of anilines is 1. The highest BCUT2D eigenvalue weighted by molar-refractivity contribution is 5.96. The van der Waals surface area contributed by atoms with Crippen LogP contribution in [0.5, 0.6) is 11.5 Å². The van der Waals surface area contributed by atoms with Crippen molar-refractivity contribution < 1.29 is 14.3 Å². The maximum Gasteiger partial charge on any atom is 0.251 e. The molecule has 0 unspecified atom stereocenters. The van der Waals surface area contributed by atoms with Crippen LogP contribution in [0.2, 0.25) is 0 Å². The van der Waals surface area contributed by atoms with E-state index < -0.39 is 5.79 Å². The van der Waals surface area contributed by atoms with Crippen molar-refractivity contribution in [1.29, 1.82) is 0 Å².